The fraction of sp³-hybridized carbons (Fsp3) is 0. The van der Waals surface area contributed by atoms with Crippen LogP contribution in [0.4, 0.5) is 0 Å². The van der Waals surface area contributed by atoms with E-state index in [2.05, 4.69) is 30.1 Å². The Morgan fingerprint density at radius 3 is 2.46 bits per heavy atom. The molecule has 0 atom stereocenters. The van der Waals surface area contributed by atoms with Crippen molar-refractivity contribution in [1.82, 2.24) is 0 Å². The summed E-state index contributed by atoms with van der Waals surface area (Å²) < 4.78 is 1.26. The van der Waals surface area contributed by atoms with Gasteiger partial charge in [-0.25, -0.2) is 0 Å². The van der Waals surface area contributed by atoms with Crippen molar-refractivity contribution in [3.63, 3.8) is 0 Å². The fourth-order valence-corrected chi connectivity index (χ4v) is 3.28. The molecule has 1 aromatic heterocycles. The normalized spacial score (nSPS) is 10.2. The molecule has 13 heavy (non-hydrogen) atoms. The molecular weight excluding hydrogens is 216 g/mol. The van der Waals surface area contributed by atoms with Crippen molar-refractivity contribution in [3.05, 3.63) is 41.8 Å². The first kappa shape index (κ1) is 9.19. The van der Waals surface area contributed by atoms with Crippen LogP contribution in [-0.4, -0.2) is 0 Å². The molecular formula is C10H8S3. The van der Waals surface area contributed by atoms with Crippen molar-refractivity contribution in [2.45, 2.75) is 14.0 Å². The van der Waals surface area contributed by atoms with Gasteiger partial charge in [-0.15, -0.1) is 24.0 Å². The molecule has 1 heterocycles. The summed E-state index contributed by atoms with van der Waals surface area (Å²) >= 11 is 7.86. The van der Waals surface area contributed by atoms with E-state index in [0.29, 0.717) is 0 Å². The van der Waals surface area contributed by atoms with Gasteiger partial charge in [0.2, 0.25) is 0 Å². The minimum Gasteiger partial charge on any atom is -0.141 e. The zero-order valence-electron chi connectivity index (χ0n) is 6.81. The summed E-state index contributed by atoms with van der Waals surface area (Å²) in [4.78, 5) is 2.33. The molecule has 0 saturated carbocycles. The highest BCUT2D eigenvalue weighted by atomic mass is 32.2. The third-order valence-corrected chi connectivity index (χ3v) is 4.40. The Morgan fingerprint density at radius 1 is 1.08 bits per heavy atom. The topological polar surface area (TPSA) is 0 Å². The highest BCUT2D eigenvalue weighted by molar-refractivity contribution is 8.01. The van der Waals surface area contributed by atoms with Gasteiger partial charge in [0.25, 0.3) is 0 Å². The molecule has 0 spiro atoms. The lowest BCUT2D eigenvalue weighted by Gasteiger charge is -1.98. The van der Waals surface area contributed by atoms with Crippen molar-refractivity contribution in [1.29, 1.82) is 0 Å². The standard InChI is InChI=1S/C10H8S3/c11-9-6-7-12-10(9)13-8-4-2-1-3-5-8/h1-7,11H. The molecule has 66 valence electrons. The lowest BCUT2D eigenvalue weighted by atomic mass is 10.4. The minimum atomic E-state index is 1.07. The summed E-state index contributed by atoms with van der Waals surface area (Å²) in [5.74, 6) is 0. The second kappa shape index (κ2) is 4.22. The number of hydrogen-bond donors (Lipinski definition) is 1. The van der Waals surface area contributed by atoms with Gasteiger partial charge >= 0.3 is 0 Å². The van der Waals surface area contributed by atoms with Gasteiger partial charge < -0.3 is 0 Å². The fourth-order valence-electron chi connectivity index (χ4n) is 0.961. The van der Waals surface area contributed by atoms with E-state index in [9.17, 15) is 0 Å². The van der Waals surface area contributed by atoms with Crippen LogP contribution in [0.25, 0.3) is 0 Å². The molecule has 0 amide bonds. The average Bonchev–Trinajstić information content (AvgIpc) is 2.54. The second-order valence-electron chi connectivity index (χ2n) is 2.51. The van der Waals surface area contributed by atoms with Crippen molar-refractivity contribution < 1.29 is 0 Å². The first-order valence-electron chi connectivity index (χ1n) is 3.85. The zero-order valence-corrected chi connectivity index (χ0v) is 9.33. The SMILES string of the molecule is Sc1ccsc1Sc1ccccc1. The number of thiol groups is 1. The Balaban J connectivity index is 2.20. The first-order valence-corrected chi connectivity index (χ1v) is 6.00. The summed E-state index contributed by atoms with van der Waals surface area (Å²) in [7, 11) is 0. The Labute approximate surface area is 91.4 Å². The quantitative estimate of drug-likeness (QED) is 0.746. The van der Waals surface area contributed by atoms with Crippen molar-refractivity contribution in [2.75, 3.05) is 0 Å². The Morgan fingerprint density at radius 2 is 1.85 bits per heavy atom. The summed E-state index contributed by atoms with van der Waals surface area (Å²) in [6, 6.07) is 12.4. The van der Waals surface area contributed by atoms with Crippen LogP contribution in [-0.2, 0) is 0 Å². The molecule has 0 unspecified atom stereocenters. The molecule has 0 bridgehead atoms. The van der Waals surface area contributed by atoms with E-state index in [4.69, 9.17) is 0 Å². The number of hydrogen-bond acceptors (Lipinski definition) is 3. The molecule has 3 heteroatoms. The van der Waals surface area contributed by atoms with E-state index in [-0.39, 0.29) is 0 Å². The molecule has 0 nitrogen and oxygen atoms in total. The van der Waals surface area contributed by atoms with Crippen molar-refractivity contribution >= 4 is 35.7 Å². The van der Waals surface area contributed by atoms with Crippen LogP contribution in [0.5, 0.6) is 0 Å². The summed E-state index contributed by atoms with van der Waals surface area (Å²) in [5.41, 5.74) is 0. The predicted molar refractivity (Wildman–Crippen MR) is 62.1 cm³/mol. The van der Waals surface area contributed by atoms with Gasteiger partial charge in [-0.05, 0) is 23.6 Å². The molecule has 2 rings (SSSR count). The predicted octanol–water partition coefficient (Wildman–Crippen LogP) is 4.19. The second-order valence-corrected chi connectivity index (χ2v) is 5.25. The van der Waals surface area contributed by atoms with Gasteiger partial charge in [-0.1, -0.05) is 30.0 Å². The summed E-state index contributed by atoms with van der Waals surface area (Å²) in [5, 5.41) is 2.06. The lowest BCUT2D eigenvalue weighted by Crippen LogP contribution is -1.68. The summed E-state index contributed by atoms with van der Waals surface area (Å²) in [6.07, 6.45) is 0. The van der Waals surface area contributed by atoms with Crippen LogP contribution in [0, 0.1) is 0 Å². The number of benzene rings is 1. The molecule has 1 aromatic carbocycles. The molecule has 0 radical (unpaired) electrons. The van der Waals surface area contributed by atoms with Crippen LogP contribution in [0.3, 0.4) is 0 Å². The van der Waals surface area contributed by atoms with Crippen LogP contribution >= 0.6 is 35.7 Å². The van der Waals surface area contributed by atoms with E-state index in [1.165, 1.54) is 9.10 Å². The lowest BCUT2D eigenvalue weighted by molar-refractivity contribution is 1.38. The Hall–Kier alpha value is -0.380. The number of rotatable bonds is 2. The van der Waals surface area contributed by atoms with E-state index in [1.54, 1.807) is 23.1 Å². The molecule has 2 aromatic rings. The van der Waals surface area contributed by atoms with Gasteiger partial charge in [0.05, 0.1) is 4.21 Å². The Bertz CT molecular complexity index is 378. The average molecular weight is 224 g/mol. The third kappa shape index (κ3) is 2.30. The molecule has 0 aliphatic heterocycles. The monoisotopic (exact) mass is 224 g/mol. The largest absolute Gasteiger partial charge is 0.141 e. The maximum absolute atomic E-state index is 4.37. The van der Waals surface area contributed by atoms with Gasteiger partial charge in [0.1, 0.15) is 0 Å². The first-order chi connectivity index (χ1) is 6.36. The molecule has 0 aliphatic rings. The van der Waals surface area contributed by atoms with E-state index in [0.717, 1.165) is 4.90 Å². The molecule has 0 aliphatic carbocycles. The van der Waals surface area contributed by atoms with Crippen LogP contribution in [0.1, 0.15) is 0 Å². The smallest absolute Gasteiger partial charge is 0.0779 e. The van der Waals surface area contributed by atoms with E-state index in [1.807, 2.05) is 24.3 Å². The van der Waals surface area contributed by atoms with Gasteiger partial charge in [0.15, 0.2) is 0 Å². The van der Waals surface area contributed by atoms with Crippen LogP contribution in [0.15, 0.2) is 55.8 Å². The highest BCUT2D eigenvalue weighted by Gasteiger charge is 2.01. The maximum atomic E-state index is 4.37. The van der Waals surface area contributed by atoms with Gasteiger partial charge in [0, 0.05) is 9.79 Å². The van der Waals surface area contributed by atoms with Crippen molar-refractivity contribution in [3.8, 4) is 0 Å². The third-order valence-electron chi connectivity index (χ3n) is 1.56. The van der Waals surface area contributed by atoms with Gasteiger partial charge in [-0.2, -0.15) is 0 Å². The molecule has 0 fully saturated rings. The van der Waals surface area contributed by atoms with Crippen molar-refractivity contribution in [2.24, 2.45) is 0 Å². The number of thiophene rings is 1. The van der Waals surface area contributed by atoms with E-state index >= 15 is 0 Å². The van der Waals surface area contributed by atoms with Crippen LogP contribution in [0.2, 0.25) is 0 Å². The van der Waals surface area contributed by atoms with Gasteiger partial charge in [-0.3, -0.25) is 0 Å². The van der Waals surface area contributed by atoms with Crippen LogP contribution < -0.4 is 0 Å². The van der Waals surface area contributed by atoms with E-state index < -0.39 is 0 Å². The Kier molecular flexibility index (Phi) is 2.98. The molecule has 0 N–H and O–H groups in total. The maximum Gasteiger partial charge on any atom is 0.0779 e. The molecule has 0 saturated heterocycles. The zero-order chi connectivity index (χ0) is 9.10. The highest BCUT2D eigenvalue weighted by Crippen LogP contribution is 2.36. The minimum absolute atomic E-state index is 1.07. The summed E-state index contributed by atoms with van der Waals surface area (Å²) in [6.45, 7) is 0.